The van der Waals surface area contributed by atoms with Crippen LogP contribution in [-0.2, 0) is 6.54 Å². The zero-order chi connectivity index (χ0) is 13.1. The second-order valence-corrected chi connectivity index (χ2v) is 4.76. The molecule has 3 heterocycles. The summed E-state index contributed by atoms with van der Waals surface area (Å²) >= 11 is 1.41. The molecule has 0 aromatic carbocycles. The Morgan fingerprint density at radius 2 is 2.26 bits per heavy atom. The Morgan fingerprint density at radius 3 is 3.00 bits per heavy atom. The number of nitrogens with zero attached hydrogens (tertiary/aromatic N) is 3. The number of aromatic amines is 1. The lowest BCUT2D eigenvalue weighted by atomic mass is 10.3. The van der Waals surface area contributed by atoms with Crippen LogP contribution in [0.1, 0.15) is 15.5 Å². The van der Waals surface area contributed by atoms with E-state index in [2.05, 4.69) is 20.5 Å². The normalized spacial score (nSPS) is 10.5. The van der Waals surface area contributed by atoms with Crippen LogP contribution in [0.4, 0.5) is 0 Å². The fraction of sp³-hybridized carbons (Fsp3) is 0.0833. The van der Waals surface area contributed by atoms with Crippen molar-refractivity contribution in [2.24, 2.45) is 0 Å². The van der Waals surface area contributed by atoms with E-state index in [1.165, 1.54) is 17.7 Å². The molecule has 0 saturated heterocycles. The average Bonchev–Trinajstić information content (AvgIpc) is 3.14. The highest BCUT2D eigenvalue weighted by Gasteiger charge is 2.14. The van der Waals surface area contributed by atoms with Crippen LogP contribution in [0.2, 0.25) is 0 Å². The van der Waals surface area contributed by atoms with Crippen LogP contribution >= 0.6 is 11.3 Å². The minimum Gasteiger partial charge on any atom is -0.344 e. The van der Waals surface area contributed by atoms with Gasteiger partial charge in [0.25, 0.3) is 5.91 Å². The number of hydrogen-bond acceptors (Lipinski definition) is 4. The molecule has 0 atom stereocenters. The standard InChI is InChI=1S/C12H11N5OS/c18-12(13-7-10-14-8-15-16-10)11-9(3-6-19-11)17-4-1-2-5-17/h1-6,8H,7H2,(H,13,18)(H,14,15,16). The molecule has 0 radical (unpaired) electrons. The molecule has 0 spiro atoms. The summed E-state index contributed by atoms with van der Waals surface area (Å²) in [5.74, 6) is 0.516. The first-order valence-corrected chi connectivity index (χ1v) is 6.56. The quantitative estimate of drug-likeness (QED) is 0.758. The lowest BCUT2D eigenvalue weighted by Crippen LogP contribution is -2.23. The highest BCUT2D eigenvalue weighted by molar-refractivity contribution is 7.12. The van der Waals surface area contributed by atoms with Gasteiger partial charge in [-0.1, -0.05) is 0 Å². The summed E-state index contributed by atoms with van der Waals surface area (Å²) in [6.07, 6.45) is 5.24. The molecule has 0 aliphatic rings. The largest absolute Gasteiger partial charge is 0.344 e. The van der Waals surface area contributed by atoms with E-state index in [9.17, 15) is 4.79 Å². The first-order valence-electron chi connectivity index (χ1n) is 5.68. The molecule has 0 bridgehead atoms. The van der Waals surface area contributed by atoms with Crippen LogP contribution in [0, 0.1) is 0 Å². The zero-order valence-electron chi connectivity index (χ0n) is 9.91. The molecule has 96 valence electrons. The molecule has 6 nitrogen and oxygen atoms in total. The Balaban J connectivity index is 1.75. The Hall–Kier alpha value is -2.41. The summed E-state index contributed by atoms with van der Waals surface area (Å²) in [5.41, 5.74) is 0.880. The second kappa shape index (κ2) is 5.07. The Kier molecular flexibility index (Phi) is 3.11. The minimum atomic E-state index is -0.116. The molecule has 19 heavy (non-hydrogen) atoms. The van der Waals surface area contributed by atoms with Crippen molar-refractivity contribution in [2.75, 3.05) is 0 Å². The third kappa shape index (κ3) is 2.41. The molecule has 0 saturated carbocycles. The van der Waals surface area contributed by atoms with Gasteiger partial charge in [0.2, 0.25) is 0 Å². The third-order valence-electron chi connectivity index (χ3n) is 2.61. The summed E-state index contributed by atoms with van der Waals surface area (Å²) in [6.45, 7) is 0.335. The summed E-state index contributed by atoms with van der Waals surface area (Å²) in [6, 6.07) is 5.77. The van der Waals surface area contributed by atoms with E-state index >= 15 is 0 Å². The predicted molar refractivity (Wildman–Crippen MR) is 71.2 cm³/mol. The molecule has 0 unspecified atom stereocenters. The smallest absolute Gasteiger partial charge is 0.263 e. The van der Waals surface area contributed by atoms with Gasteiger partial charge in [-0.2, -0.15) is 5.10 Å². The van der Waals surface area contributed by atoms with E-state index in [4.69, 9.17) is 0 Å². The summed E-state index contributed by atoms with van der Waals surface area (Å²) < 4.78 is 1.92. The summed E-state index contributed by atoms with van der Waals surface area (Å²) in [7, 11) is 0. The molecule has 2 N–H and O–H groups in total. The average molecular weight is 273 g/mol. The number of carbonyl (C=O) groups is 1. The topological polar surface area (TPSA) is 75.6 Å². The number of rotatable bonds is 4. The number of aromatic nitrogens is 4. The highest BCUT2D eigenvalue weighted by Crippen LogP contribution is 2.21. The lowest BCUT2D eigenvalue weighted by Gasteiger charge is -2.05. The van der Waals surface area contributed by atoms with Crippen LogP contribution in [0.3, 0.4) is 0 Å². The molecule has 1 amide bonds. The molecular weight excluding hydrogens is 262 g/mol. The predicted octanol–water partition coefficient (Wildman–Crippen LogP) is 1.59. The van der Waals surface area contributed by atoms with E-state index < -0.39 is 0 Å². The van der Waals surface area contributed by atoms with Crippen molar-refractivity contribution < 1.29 is 4.79 Å². The zero-order valence-corrected chi connectivity index (χ0v) is 10.7. The molecule has 0 aliphatic carbocycles. The van der Waals surface area contributed by atoms with Gasteiger partial charge in [-0.25, -0.2) is 4.98 Å². The Labute approximate surface area is 113 Å². The van der Waals surface area contributed by atoms with Crippen LogP contribution < -0.4 is 5.32 Å². The highest BCUT2D eigenvalue weighted by atomic mass is 32.1. The van der Waals surface area contributed by atoms with Gasteiger partial charge in [0.1, 0.15) is 17.0 Å². The number of hydrogen-bond donors (Lipinski definition) is 2. The maximum atomic E-state index is 12.1. The number of amides is 1. The second-order valence-electron chi connectivity index (χ2n) is 3.84. The van der Waals surface area contributed by atoms with E-state index in [-0.39, 0.29) is 5.91 Å². The first kappa shape index (κ1) is 11.7. The van der Waals surface area contributed by atoms with E-state index in [0.717, 1.165) is 5.69 Å². The van der Waals surface area contributed by atoms with Crippen LogP contribution in [-0.4, -0.2) is 25.7 Å². The number of nitrogens with one attached hydrogen (secondary N) is 2. The minimum absolute atomic E-state index is 0.116. The number of thiophene rings is 1. The molecule has 0 aliphatic heterocycles. The van der Waals surface area contributed by atoms with Crippen LogP contribution in [0.15, 0.2) is 42.3 Å². The van der Waals surface area contributed by atoms with Crippen LogP contribution in [0.25, 0.3) is 5.69 Å². The van der Waals surface area contributed by atoms with Crippen molar-refractivity contribution in [3.05, 3.63) is 53.0 Å². The van der Waals surface area contributed by atoms with Gasteiger partial charge in [-0.15, -0.1) is 11.3 Å². The fourth-order valence-electron chi connectivity index (χ4n) is 1.73. The van der Waals surface area contributed by atoms with E-state index in [0.29, 0.717) is 17.2 Å². The molecule has 3 rings (SSSR count). The number of carbonyl (C=O) groups excluding carboxylic acids is 1. The van der Waals surface area contributed by atoms with Crippen molar-refractivity contribution >= 4 is 17.2 Å². The van der Waals surface area contributed by atoms with Crippen molar-refractivity contribution in [3.8, 4) is 5.69 Å². The Bertz CT molecular complexity index is 656. The maximum Gasteiger partial charge on any atom is 0.263 e. The molecule has 7 heteroatoms. The molecule has 0 fully saturated rings. The van der Waals surface area contributed by atoms with Gasteiger partial charge in [-0.3, -0.25) is 9.89 Å². The van der Waals surface area contributed by atoms with Gasteiger partial charge >= 0.3 is 0 Å². The van der Waals surface area contributed by atoms with Gasteiger partial charge in [0.05, 0.1) is 12.2 Å². The van der Waals surface area contributed by atoms with Gasteiger partial charge in [0, 0.05) is 12.4 Å². The van der Waals surface area contributed by atoms with Crippen molar-refractivity contribution in [1.82, 2.24) is 25.1 Å². The molecular formula is C12H11N5OS. The van der Waals surface area contributed by atoms with Gasteiger partial charge in [0.15, 0.2) is 0 Å². The molecule has 3 aromatic heterocycles. The first-order chi connectivity index (χ1) is 9.34. The Morgan fingerprint density at radius 1 is 1.42 bits per heavy atom. The van der Waals surface area contributed by atoms with Crippen molar-refractivity contribution in [2.45, 2.75) is 6.54 Å². The maximum absolute atomic E-state index is 12.1. The van der Waals surface area contributed by atoms with Crippen molar-refractivity contribution in [1.29, 1.82) is 0 Å². The fourth-order valence-corrected chi connectivity index (χ4v) is 2.54. The SMILES string of the molecule is O=C(NCc1ncn[nH]1)c1sccc1-n1cccc1. The van der Waals surface area contributed by atoms with E-state index in [1.54, 1.807) is 0 Å². The molecule has 3 aromatic rings. The summed E-state index contributed by atoms with van der Waals surface area (Å²) in [5, 5.41) is 11.2. The lowest BCUT2D eigenvalue weighted by molar-refractivity contribution is 0.0954. The third-order valence-corrected chi connectivity index (χ3v) is 3.52. The number of H-pyrrole nitrogens is 1. The summed E-state index contributed by atoms with van der Waals surface area (Å²) in [4.78, 5) is 16.8. The van der Waals surface area contributed by atoms with Crippen LogP contribution in [0.5, 0.6) is 0 Å². The van der Waals surface area contributed by atoms with Crippen molar-refractivity contribution in [3.63, 3.8) is 0 Å². The van der Waals surface area contributed by atoms with Gasteiger partial charge in [-0.05, 0) is 23.6 Å². The van der Waals surface area contributed by atoms with E-state index in [1.807, 2.05) is 40.5 Å². The monoisotopic (exact) mass is 273 g/mol. The van der Waals surface area contributed by atoms with Gasteiger partial charge < -0.3 is 9.88 Å².